The highest BCUT2D eigenvalue weighted by Crippen LogP contribution is 2.21. The summed E-state index contributed by atoms with van der Waals surface area (Å²) in [5, 5.41) is 5.45. The standard InChI is InChI=1S/C21H28N4O4/c1-16-2-4-17(5-3-16)18-14-24-21(29-18)7-6-19(26)23-15-20(27)22-8-9-25-10-12-28-13-11-25/h2-5,14H,6-13,15H2,1H3,(H,22,27)(H,23,26). The zero-order chi connectivity index (χ0) is 20.5. The Bertz CT molecular complexity index is 797. The first kappa shape index (κ1) is 21.0. The van der Waals surface area contributed by atoms with Crippen LogP contribution in [0.2, 0.25) is 0 Å². The van der Waals surface area contributed by atoms with E-state index in [1.807, 2.05) is 31.2 Å². The highest BCUT2D eigenvalue weighted by Gasteiger charge is 2.12. The Hall–Kier alpha value is -2.71. The van der Waals surface area contributed by atoms with Gasteiger partial charge in [-0.3, -0.25) is 14.5 Å². The molecule has 1 aliphatic heterocycles. The summed E-state index contributed by atoms with van der Waals surface area (Å²) < 4.78 is 11.0. The topological polar surface area (TPSA) is 96.7 Å². The number of rotatable bonds is 9. The molecule has 0 radical (unpaired) electrons. The average Bonchev–Trinajstić information content (AvgIpc) is 3.21. The summed E-state index contributed by atoms with van der Waals surface area (Å²) >= 11 is 0. The normalized spacial score (nSPS) is 14.5. The van der Waals surface area contributed by atoms with Crippen LogP contribution in [0.1, 0.15) is 17.9 Å². The van der Waals surface area contributed by atoms with Crippen LogP contribution < -0.4 is 10.6 Å². The number of hydrogen-bond acceptors (Lipinski definition) is 6. The second kappa shape index (κ2) is 10.7. The van der Waals surface area contributed by atoms with E-state index >= 15 is 0 Å². The molecular formula is C21H28N4O4. The molecule has 0 saturated carbocycles. The molecule has 3 rings (SSSR count). The van der Waals surface area contributed by atoms with Crippen molar-refractivity contribution in [1.29, 1.82) is 0 Å². The van der Waals surface area contributed by atoms with E-state index in [0.717, 1.165) is 38.4 Å². The predicted molar refractivity (Wildman–Crippen MR) is 108 cm³/mol. The number of morpholine rings is 1. The molecule has 1 aromatic heterocycles. The lowest BCUT2D eigenvalue weighted by atomic mass is 10.1. The molecular weight excluding hydrogens is 372 g/mol. The zero-order valence-corrected chi connectivity index (χ0v) is 16.8. The summed E-state index contributed by atoms with van der Waals surface area (Å²) in [4.78, 5) is 30.3. The van der Waals surface area contributed by atoms with Crippen LogP contribution in [0.5, 0.6) is 0 Å². The molecule has 2 amide bonds. The number of ether oxygens (including phenoxy) is 1. The lowest BCUT2D eigenvalue weighted by Crippen LogP contribution is -2.43. The fourth-order valence-electron chi connectivity index (χ4n) is 3.01. The van der Waals surface area contributed by atoms with Gasteiger partial charge in [-0.2, -0.15) is 0 Å². The number of benzene rings is 1. The van der Waals surface area contributed by atoms with Crippen molar-refractivity contribution in [3.63, 3.8) is 0 Å². The van der Waals surface area contributed by atoms with Gasteiger partial charge in [0.2, 0.25) is 11.8 Å². The van der Waals surface area contributed by atoms with E-state index in [-0.39, 0.29) is 24.8 Å². The van der Waals surface area contributed by atoms with Gasteiger partial charge in [0.05, 0.1) is 26.0 Å². The highest BCUT2D eigenvalue weighted by molar-refractivity contribution is 5.84. The zero-order valence-electron chi connectivity index (χ0n) is 16.8. The fourth-order valence-corrected chi connectivity index (χ4v) is 3.01. The maximum atomic E-state index is 12.0. The van der Waals surface area contributed by atoms with E-state index < -0.39 is 0 Å². The van der Waals surface area contributed by atoms with Gasteiger partial charge < -0.3 is 19.8 Å². The van der Waals surface area contributed by atoms with Gasteiger partial charge in [-0.1, -0.05) is 29.8 Å². The minimum Gasteiger partial charge on any atom is -0.441 e. The van der Waals surface area contributed by atoms with Crippen LogP contribution in [-0.2, 0) is 20.7 Å². The molecule has 1 fully saturated rings. The number of amides is 2. The lowest BCUT2D eigenvalue weighted by molar-refractivity contribution is -0.126. The van der Waals surface area contributed by atoms with E-state index in [4.69, 9.17) is 9.15 Å². The molecule has 0 bridgehead atoms. The summed E-state index contributed by atoms with van der Waals surface area (Å²) in [5.74, 6) is 0.790. The number of aryl methyl sites for hydroxylation is 2. The van der Waals surface area contributed by atoms with Gasteiger partial charge in [0.15, 0.2) is 11.7 Å². The molecule has 0 unspecified atom stereocenters. The molecule has 0 spiro atoms. The van der Waals surface area contributed by atoms with Crippen LogP contribution in [0, 0.1) is 6.92 Å². The second-order valence-electron chi connectivity index (χ2n) is 7.06. The molecule has 29 heavy (non-hydrogen) atoms. The van der Waals surface area contributed by atoms with Crippen molar-refractivity contribution in [2.45, 2.75) is 19.8 Å². The number of nitrogens with zero attached hydrogens (tertiary/aromatic N) is 2. The Morgan fingerprint density at radius 2 is 1.86 bits per heavy atom. The molecule has 1 saturated heterocycles. The summed E-state index contributed by atoms with van der Waals surface area (Å²) in [7, 11) is 0. The number of carbonyl (C=O) groups is 2. The molecule has 0 aliphatic carbocycles. The maximum absolute atomic E-state index is 12.0. The van der Waals surface area contributed by atoms with Gasteiger partial charge in [0.25, 0.3) is 0 Å². The van der Waals surface area contributed by atoms with Crippen molar-refractivity contribution in [3.8, 4) is 11.3 Å². The second-order valence-corrected chi connectivity index (χ2v) is 7.06. The molecule has 2 aromatic rings. The van der Waals surface area contributed by atoms with E-state index in [2.05, 4.69) is 20.5 Å². The Kier molecular flexibility index (Phi) is 7.77. The van der Waals surface area contributed by atoms with Gasteiger partial charge in [-0.15, -0.1) is 0 Å². The van der Waals surface area contributed by atoms with Crippen LogP contribution in [0.3, 0.4) is 0 Å². The highest BCUT2D eigenvalue weighted by atomic mass is 16.5. The van der Waals surface area contributed by atoms with Crippen molar-refractivity contribution < 1.29 is 18.7 Å². The van der Waals surface area contributed by atoms with Crippen LogP contribution in [-0.4, -0.2) is 67.6 Å². The van der Waals surface area contributed by atoms with Gasteiger partial charge in [-0.05, 0) is 6.92 Å². The smallest absolute Gasteiger partial charge is 0.239 e. The Morgan fingerprint density at radius 1 is 1.10 bits per heavy atom. The minimum atomic E-state index is -0.205. The SMILES string of the molecule is Cc1ccc(-c2cnc(CCC(=O)NCC(=O)NCCN3CCOCC3)o2)cc1. The number of nitrogens with one attached hydrogen (secondary N) is 2. The molecule has 2 N–H and O–H groups in total. The number of aromatic nitrogens is 1. The van der Waals surface area contributed by atoms with Gasteiger partial charge in [0, 0.05) is 44.6 Å². The van der Waals surface area contributed by atoms with Crippen molar-refractivity contribution in [3.05, 3.63) is 41.9 Å². The summed E-state index contributed by atoms with van der Waals surface area (Å²) in [6, 6.07) is 7.97. The van der Waals surface area contributed by atoms with E-state index in [1.54, 1.807) is 6.20 Å². The first-order valence-electron chi connectivity index (χ1n) is 9.95. The summed E-state index contributed by atoms with van der Waals surface area (Å²) in [5.41, 5.74) is 2.13. The molecule has 8 nitrogen and oxygen atoms in total. The van der Waals surface area contributed by atoms with E-state index in [1.165, 1.54) is 5.56 Å². The van der Waals surface area contributed by atoms with Crippen molar-refractivity contribution >= 4 is 11.8 Å². The summed E-state index contributed by atoms with van der Waals surface area (Å²) in [6.45, 7) is 6.60. The Balaban J connectivity index is 1.31. The third-order valence-corrected chi connectivity index (χ3v) is 4.76. The Labute approximate surface area is 170 Å². The van der Waals surface area contributed by atoms with Crippen molar-refractivity contribution in [2.24, 2.45) is 0 Å². The predicted octanol–water partition coefficient (Wildman–Crippen LogP) is 1.15. The molecule has 1 aliphatic rings. The molecule has 156 valence electrons. The van der Waals surface area contributed by atoms with Crippen molar-refractivity contribution in [1.82, 2.24) is 20.5 Å². The van der Waals surface area contributed by atoms with Crippen LogP contribution in [0.4, 0.5) is 0 Å². The van der Waals surface area contributed by atoms with Crippen molar-refractivity contribution in [2.75, 3.05) is 45.9 Å². The van der Waals surface area contributed by atoms with E-state index in [0.29, 0.717) is 24.6 Å². The lowest BCUT2D eigenvalue weighted by Gasteiger charge is -2.26. The largest absolute Gasteiger partial charge is 0.441 e. The average molecular weight is 400 g/mol. The maximum Gasteiger partial charge on any atom is 0.239 e. The third-order valence-electron chi connectivity index (χ3n) is 4.76. The first-order valence-corrected chi connectivity index (χ1v) is 9.95. The quantitative estimate of drug-likeness (QED) is 0.655. The first-order chi connectivity index (χ1) is 14.1. The van der Waals surface area contributed by atoms with E-state index in [9.17, 15) is 9.59 Å². The van der Waals surface area contributed by atoms with Gasteiger partial charge in [0.1, 0.15) is 0 Å². The van der Waals surface area contributed by atoms with Crippen LogP contribution in [0.15, 0.2) is 34.9 Å². The van der Waals surface area contributed by atoms with Crippen LogP contribution in [0.25, 0.3) is 11.3 Å². The van der Waals surface area contributed by atoms with Crippen LogP contribution >= 0.6 is 0 Å². The Morgan fingerprint density at radius 3 is 2.62 bits per heavy atom. The number of hydrogen-bond donors (Lipinski definition) is 2. The third kappa shape index (κ3) is 6.99. The molecule has 1 aromatic carbocycles. The number of carbonyl (C=O) groups excluding carboxylic acids is 2. The fraction of sp³-hybridized carbons (Fsp3) is 0.476. The van der Waals surface area contributed by atoms with Gasteiger partial charge in [-0.25, -0.2) is 4.98 Å². The van der Waals surface area contributed by atoms with Gasteiger partial charge >= 0.3 is 0 Å². The molecule has 0 atom stereocenters. The molecule has 8 heteroatoms. The minimum absolute atomic E-state index is 0.0257. The number of oxazole rings is 1. The molecule has 2 heterocycles. The monoisotopic (exact) mass is 400 g/mol. The summed E-state index contributed by atoms with van der Waals surface area (Å²) in [6.07, 6.45) is 2.27.